The van der Waals surface area contributed by atoms with Crippen molar-refractivity contribution >= 4 is 11.8 Å². The molecule has 22 heavy (non-hydrogen) atoms. The standard InChI is InChI=1S/C17H19NO4/c19-15(20)11-18-10-13-16(21)12-6-2-3-7-14(12)22-17(13)8-4-1-5-9-17/h2-3,6-7,10,18H,1,4-5,8-9,11H2,(H,19,20)/b13-10-. The van der Waals surface area contributed by atoms with Gasteiger partial charge in [0.05, 0.1) is 11.1 Å². The Hall–Kier alpha value is -2.30. The molecule has 0 bridgehead atoms. The second-order valence-electron chi connectivity index (χ2n) is 5.81. The van der Waals surface area contributed by atoms with Crippen LogP contribution < -0.4 is 10.1 Å². The zero-order valence-electron chi connectivity index (χ0n) is 12.3. The summed E-state index contributed by atoms with van der Waals surface area (Å²) >= 11 is 0. The van der Waals surface area contributed by atoms with Crippen molar-refractivity contribution in [3.05, 3.63) is 41.6 Å². The molecule has 1 saturated carbocycles. The highest BCUT2D eigenvalue weighted by molar-refractivity contribution is 6.12. The van der Waals surface area contributed by atoms with Crippen LogP contribution >= 0.6 is 0 Å². The number of ketones is 1. The van der Waals surface area contributed by atoms with Gasteiger partial charge >= 0.3 is 5.97 Å². The van der Waals surface area contributed by atoms with Crippen LogP contribution in [0.25, 0.3) is 0 Å². The first-order valence-electron chi connectivity index (χ1n) is 7.61. The number of para-hydroxylation sites is 1. The number of Topliss-reactive ketones (excluding diaryl/α,β-unsaturated/α-hetero) is 1. The van der Waals surface area contributed by atoms with Gasteiger partial charge in [-0.15, -0.1) is 0 Å². The number of aliphatic carboxylic acids is 1. The second-order valence-corrected chi connectivity index (χ2v) is 5.81. The monoisotopic (exact) mass is 301 g/mol. The van der Waals surface area contributed by atoms with E-state index >= 15 is 0 Å². The van der Waals surface area contributed by atoms with Gasteiger partial charge in [-0.25, -0.2) is 0 Å². The highest BCUT2D eigenvalue weighted by Crippen LogP contribution is 2.44. The van der Waals surface area contributed by atoms with E-state index in [1.807, 2.05) is 12.1 Å². The normalized spacial score (nSPS) is 21.3. The summed E-state index contributed by atoms with van der Waals surface area (Å²) in [5.41, 5.74) is 0.476. The number of fused-ring (bicyclic) bond motifs is 1. The topological polar surface area (TPSA) is 75.6 Å². The number of carboxylic acid groups (broad SMARTS) is 1. The average Bonchev–Trinajstić information content (AvgIpc) is 2.51. The first kappa shape index (κ1) is 14.6. The van der Waals surface area contributed by atoms with Crippen molar-refractivity contribution in [2.24, 2.45) is 0 Å². The third kappa shape index (κ3) is 2.58. The van der Waals surface area contributed by atoms with Gasteiger partial charge in [-0.3, -0.25) is 9.59 Å². The van der Waals surface area contributed by atoms with E-state index in [-0.39, 0.29) is 12.3 Å². The van der Waals surface area contributed by atoms with E-state index in [1.165, 1.54) is 6.20 Å². The van der Waals surface area contributed by atoms with Crippen molar-refractivity contribution in [2.75, 3.05) is 6.54 Å². The second kappa shape index (κ2) is 5.83. The Kier molecular flexibility index (Phi) is 3.88. The van der Waals surface area contributed by atoms with E-state index in [2.05, 4.69) is 5.32 Å². The number of carbonyl (C=O) groups excluding carboxylic acids is 1. The number of hydrogen-bond acceptors (Lipinski definition) is 4. The van der Waals surface area contributed by atoms with Crippen LogP contribution in [0, 0.1) is 0 Å². The van der Waals surface area contributed by atoms with Crippen LogP contribution in [0.15, 0.2) is 36.0 Å². The van der Waals surface area contributed by atoms with E-state index in [9.17, 15) is 9.59 Å². The van der Waals surface area contributed by atoms with Crippen LogP contribution in [0.3, 0.4) is 0 Å². The van der Waals surface area contributed by atoms with Gasteiger partial charge in [0, 0.05) is 6.20 Å². The van der Waals surface area contributed by atoms with Gasteiger partial charge in [-0.1, -0.05) is 18.6 Å². The van der Waals surface area contributed by atoms with Crippen LogP contribution in [0.1, 0.15) is 42.5 Å². The third-order valence-corrected chi connectivity index (χ3v) is 4.33. The SMILES string of the molecule is O=C(O)CN/C=C1/C(=O)c2ccccc2OC12CCCCC2. The van der Waals surface area contributed by atoms with E-state index in [0.717, 1.165) is 32.1 Å². The molecule has 116 valence electrons. The maximum Gasteiger partial charge on any atom is 0.322 e. The van der Waals surface area contributed by atoms with Gasteiger partial charge in [0.25, 0.3) is 0 Å². The summed E-state index contributed by atoms with van der Waals surface area (Å²) in [6.45, 7) is -0.214. The minimum atomic E-state index is -0.959. The van der Waals surface area contributed by atoms with Crippen LogP contribution in [0.2, 0.25) is 0 Å². The van der Waals surface area contributed by atoms with E-state index in [4.69, 9.17) is 9.84 Å². The highest BCUT2D eigenvalue weighted by atomic mass is 16.5. The zero-order chi connectivity index (χ0) is 15.6. The lowest BCUT2D eigenvalue weighted by atomic mass is 9.75. The lowest BCUT2D eigenvalue weighted by molar-refractivity contribution is -0.135. The third-order valence-electron chi connectivity index (χ3n) is 4.33. The van der Waals surface area contributed by atoms with Crippen molar-refractivity contribution in [3.8, 4) is 5.75 Å². The fourth-order valence-electron chi connectivity index (χ4n) is 3.29. The Morgan fingerprint density at radius 3 is 2.73 bits per heavy atom. The molecule has 0 amide bonds. The smallest absolute Gasteiger partial charge is 0.322 e. The minimum absolute atomic E-state index is 0.0679. The fraction of sp³-hybridized carbons (Fsp3) is 0.412. The average molecular weight is 301 g/mol. The maximum absolute atomic E-state index is 12.8. The molecule has 1 aliphatic carbocycles. The molecule has 3 rings (SSSR count). The molecule has 0 atom stereocenters. The van der Waals surface area contributed by atoms with Gasteiger partial charge in [-0.2, -0.15) is 0 Å². The van der Waals surface area contributed by atoms with Crippen molar-refractivity contribution < 1.29 is 19.4 Å². The van der Waals surface area contributed by atoms with Crippen molar-refractivity contribution in [1.29, 1.82) is 0 Å². The molecule has 0 unspecified atom stereocenters. The molecule has 2 aliphatic rings. The first-order valence-corrected chi connectivity index (χ1v) is 7.61. The minimum Gasteiger partial charge on any atom is -0.482 e. The van der Waals surface area contributed by atoms with E-state index < -0.39 is 11.6 Å². The first-order chi connectivity index (χ1) is 10.6. The Labute approximate surface area is 129 Å². The number of carbonyl (C=O) groups is 2. The van der Waals surface area contributed by atoms with E-state index in [1.54, 1.807) is 12.1 Å². The van der Waals surface area contributed by atoms with Gasteiger partial charge in [-0.05, 0) is 37.8 Å². The number of ether oxygens (including phenoxy) is 1. The molecule has 1 spiro atoms. The van der Waals surface area contributed by atoms with Gasteiger partial charge < -0.3 is 15.2 Å². The summed E-state index contributed by atoms with van der Waals surface area (Å²) in [6.07, 6.45) is 6.26. The van der Waals surface area contributed by atoms with Crippen LogP contribution in [-0.4, -0.2) is 29.0 Å². The van der Waals surface area contributed by atoms with Crippen molar-refractivity contribution in [2.45, 2.75) is 37.7 Å². The maximum atomic E-state index is 12.8. The highest BCUT2D eigenvalue weighted by Gasteiger charge is 2.45. The lowest BCUT2D eigenvalue weighted by Gasteiger charge is -2.42. The van der Waals surface area contributed by atoms with Gasteiger partial charge in [0.2, 0.25) is 0 Å². The predicted octanol–water partition coefficient (Wildman–Crippen LogP) is 2.52. The molecule has 0 saturated heterocycles. The van der Waals surface area contributed by atoms with Crippen molar-refractivity contribution in [1.82, 2.24) is 5.32 Å². The van der Waals surface area contributed by atoms with Gasteiger partial charge in [0.1, 0.15) is 17.9 Å². The van der Waals surface area contributed by atoms with Crippen LogP contribution in [0.5, 0.6) is 5.75 Å². The fourth-order valence-corrected chi connectivity index (χ4v) is 3.29. The number of benzene rings is 1. The lowest BCUT2D eigenvalue weighted by Crippen LogP contribution is -2.46. The predicted molar refractivity (Wildman–Crippen MR) is 80.9 cm³/mol. The number of hydrogen-bond donors (Lipinski definition) is 2. The quantitative estimate of drug-likeness (QED) is 0.839. The summed E-state index contributed by atoms with van der Waals surface area (Å²) in [4.78, 5) is 23.5. The van der Waals surface area contributed by atoms with Crippen LogP contribution in [-0.2, 0) is 4.79 Å². The molecular weight excluding hydrogens is 282 g/mol. The summed E-state index contributed by atoms with van der Waals surface area (Å²) in [7, 11) is 0. The summed E-state index contributed by atoms with van der Waals surface area (Å²) in [5, 5.41) is 11.5. The van der Waals surface area contributed by atoms with E-state index in [0.29, 0.717) is 16.9 Å². The molecule has 2 N–H and O–H groups in total. The molecule has 5 heteroatoms. The van der Waals surface area contributed by atoms with Crippen LogP contribution in [0.4, 0.5) is 0 Å². The molecule has 1 aromatic rings. The Balaban J connectivity index is 1.99. The number of carboxylic acids is 1. The molecule has 0 aromatic heterocycles. The molecule has 1 heterocycles. The molecular formula is C17H19NO4. The Morgan fingerprint density at radius 2 is 2.00 bits per heavy atom. The Bertz CT molecular complexity index is 629. The van der Waals surface area contributed by atoms with Crippen molar-refractivity contribution in [3.63, 3.8) is 0 Å². The number of nitrogens with one attached hydrogen (secondary N) is 1. The molecule has 1 fully saturated rings. The number of rotatable bonds is 3. The summed E-state index contributed by atoms with van der Waals surface area (Å²) in [6, 6.07) is 7.24. The molecule has 0 radical (unpaired) electrons. The molecule has 1 aliphatic heterocycles. The Morgan fingerprint density at radius 1 is 1.27 bits per heavy atom. The molecule has 5 nitrogen and oxygen atoms in total. The largest absolute Gasteiger partial charge is 0.482 e. The molecule has 1 aromatic carbocycles. The summed E-state index contributed by atoms with van der Waals surface area (Å²) < 4.78 is 6.22. The van der Waals surface area contributed by atoms with Gasteiger partial charge in [0.15, 0.2) is 5.78 Å². The zero-order valence-corrected chi connectivity index (χ0v) is 12.3. The summed E-state index contributed by atoms with van der Waals surface area (Å²) in [5.74, 6) is -0.398.